The number of aryl methyl sites for hydroxylation is 2. The van der Waals surface area contributed by atoms with Gasteiger partial charge in [-0.3, -0.25) is 9.80 Å². The van der Waals surface area contributed by atoms with Crippen molar-refractivity contribution in [1.29, 1.82) is 0 Å². The fourth-order valence-corrected chi connectivity index (χ4v) is 5.18. The maximum atomic E-state index is 12.9. The van der Waals surface area contributed by atoms with Crippen LogP contribution in [0.25, 0.3) is 11.0 Å². The monoisotopic (exact) mass is 364 g/mol. The number of sulfone groups is 1. The largest absolute Gasteiger partial charge is 0.464 e. The highest BCUT2D eigenvalue weighted by molar-refractivity contribution is 7.91. The molecule has 1 aromatic carbocycles. The molecule has 1 atom stereocenters. The molecule has 1 aliphatic rings. The van der Waals surface area contributed by atoms with Gasteiger partial charge in [-0.15, -0.1) is 0 Å². The van der Waals surface area contributed by atoms with Gasteiger partial charge < -0.3 is 4.42 Å². The lowest BCUT2D eigenvalue weighted by atomic mass is 10.0. The Kier molecular flexibility index (Phi) is 4.64. The van der Waals surface area contributed by atoms with Gasteiger partial charge in [0.15, 0.2) is 9.84 Å². The summed E-state index contributed by atoms with van der Waals surface area (Å²) in [7, 11) is 0.482. The molecule has 0 radical (unpaired) electrons. The zero-order chi connectivity index (χ0) is 18.4. The molecule has 0 spiro atoms. The summed E-state index contributed by atoms with van der Waals surface area (Å²) < 4.78 is 29.2. The Morgan fingerprint density at radius 2 is 2.00 bits per heavy atom. The Morgan fingerprint density at radius 1 is 1.28 bits per heavy atom. The topological polar surface area (TPSA) is 70.8 Å². The van der Waals surface area contributed by atoms with Crippen LogP contribution in [0.2, 0.25) is 0 Å². The lowest BCUT2D eigenvalue weighted by molar-refractivity contribution is -0.148. The van der Waals surface area contributed by atoms with Crippen molar-refractivity contribution in [3.8, 4) is 0 Å². The molecule has 136 valence electrons. The number of amides is 1. The minimum atomic E-state index is -3.05. The van der Waals surface area contributed by atoms with Crippen LogP contribution >= 0.6 is 0 Å². The number of hydrogen-bond donors (Lipinski definition) is 0. The maximum Gasteiger partial charge on any atom is 0.241 e. The molecule has 1 aliphatic heterocycles. The fourth-order valence-electron chi connectivity index (χ4n) is 3.49. The Bertz CT molecular complexity index is 915. The summed E-state index contributed by atoms with van der Waals surface area (Å²) in [4.78, 5) is 12.9. The second kappa shape index (κ2) is 6.46. The lowest BCUT2D eigenvalue weighted by Gasteiger charge is -2.33. The molecule has 0 saturated carbocycles. The summed E-state index contributed by atoms with van der Waals surface area (Å²) in [5.74, 6) is 0.0528. The van der Waals surface area contributed by atoms with Gasteiger partial charge in [0.05, 0.1) is 30.2 Å². The van der Waals surface area contributed by atoms with E-state index in [1.165, 1.54) is 0 Å². The number of hydrogen-bond acceptors (Lipinski definition) is 5. The predicted octanol–water partition coefficient (Wildman–Crippen LogP) is 2.08. The maximum absolute atomic E-state index is 12.9. The van der Waals surface area contributed by atoms with Crippen molar-refractivity contribution in [3.05, 3.63) is 35.1 Å². The highest BCUT2D eigenvalue weighted by Crippen LogP contribution is 2.28. The average Bonchev–Trinajstić information content (AvgIpc) is 3.07. The Morgan fingerprint density at radius 3 is 2.60 bits per heavy atom. The number of benzene rings is 1. The molecule has 0 N–H and O–H groups in total. The van der Waals surface area contributed by atoms with Crippen LogP contribution in [0.1, 0.15) is 23.1 Å². The van der Waals surface area contributed by atoms with Crippen molar-refractivity contribution in [2.24, 2.45) is 0 Å². The summed E-state index contributed by atoms with van der Waals surface area (Å²) in [6, 6.07) is 3.70. The third kappa shape index (κ3) is 3.43. The predicted molar refractivity (Wildman–Crippen MR) is 97.0 cm³/mol. The number of furan rings is 1. The van der Waals surface area contributed by atoms with Crippen LogP contribution in [0.5, 0.6) is 0 Å². The molecule has 0 aliphatic carbocycles. The van der Waals surface area contributed by atoms with Gasteiger partial charge in [-0.25, -0.2) is 13.4 Å². The Hall–Kier alpha value is -1.86. The van der Waals surface area contributed by atoms with Gasteiger partial charge in [0.25, 0.3) is 0 Å². The first-order valence-electron chi connectivity index (χ1n) is 8.35. The first-order chi connectivity index (χ1) is 11.7. The molecule has 0 bridgehead atoms. The van der Waals surface area contributed by atoms with Gasteiger partial charge in [-0.1, -0.05) is 12.1 Å². The van der Waals surface area contributed by atoms with E-state index in [0.29, 0.717) is 6.42 Å². The normalized spacial score (nSPS) is 19.6. The van der Waals surface area contributed by atoms with Crippen molar-refractivity contribution in [2.75, 3.05) is 25.6 Å². The van der Waals surface area contributed by atoms with Crippen molar-refractivity contribution in [1.82, 2.24) is 10.0 Å². The average molecular weight is 364 g/mol. The summed E-state index contributed by atoms with van der Waals surface area (Å²) in [6.07, 6.45) is 2.30. The van der Waals surface area contributed by atoms with E-state index in [1.807, 2.05) is 26.0 Å². The Labute approximate surface area is 148 Å². The molecule has 1 unspecified atom stereocenters. The molecule has 1 fully saturated rings. The van der Waals surface area contributed by atoms with Gasteiger partial charge in [0.1, 0.15) is 5.58 Å². The zero-order valence-electron chi connectivity index (χ0n) is 15.1. The SMILES string of the molecule is Cc1ccc2c(CC(=O)N(C3CCS(=O)(=O)C3)N(C)C)coc2c1C. The van der Waals surface area contributed by atoms with Crippen LogP contribution in [0.3, 0.4) is 0 Å². The number of carbonyl (C=O) groups excluding carboxylic acids is 1. The van der Waals surface area contributed by atoms with E-state index in [2.05, 4.69) is 0 Å². The molecule has 6 nitrogen and oxygen atoms in total. The molecule has 25 heavy (non-hydrogen) atoms. The van der Waals surface area contributed by atoms with Gasteiger partial charge in [-0.05, 0) is 31.4 Å². The molecular formula is C18H24N2O4S. The number of nitrogens with zero attached hydrogens (tertiary/aromatic N) is 2. The summed E-state index contributed by atoms with van der Waals surface area (Å²) in [6.45, 7) is 4.03. The highest BCUT2D eigenvalue weighted by atomic mass is 32.2. The van der Waals surface area contributed by atoms with Crippen molar-refractivity contribution in [2.45, 2.75) is 32.7 Å². The van der Waals surface area contributed by atoms with E-state index in [4.69, 9.17) is 4.42 Å². The molecule has 3 rings (SSSR count). The minimum Gasteiger partial charge on any atom is -0.464 e. The third-order valence-electron chi connectivity index (χ3n) is 4.92. The molecule has 1 saturated heterocycles. The van der Waals surface area contributed by atoms with E-state index >= 15 is 0 Å². The summed E-state index contributed by atoms with van der Waals surface area (Å²) >= 11 is 0. The van der Waals surface area contributed by atoms with Crippen molar-refractivity contribution < 1.29 is 17.6 Å². The van der Waals surface area contributed by atoms with E-state index in [9.17, 15) is 13.2 Å². The van der Waals surface area contributed by atoms with Crippen LogP contribution in [0, 0.1) is 13.8 Å². The van der Waals surface area contributed by atoms with Crippen molar-refractivity contribution >= 4 is 26.7 Å². The Balaban J connectivity index is 1.86. The van der Waals surface area contributed by atoms with Crippen LogP contribution in [0.15, 0.2) is 22.8 Å². The molecule has 2 heterocycles. The van der Waals surface area contributed by atoms with Gasteiger partial charge in [0, 0.05) is 25.0 Å². The number of fused-ring (bicyclic) bond motifs is 1. The molecule has 2 aromatic rings. The molecular weight excluding hydrogens is 340 g/mol. The van der Waals surface area contributed by atoms with E-state index in [0.717, 1.165) is 27.7 Å². The fraction of sp³-hybridized carbons (Fsp3) is 0.500. The van der Waals surface area contributed by atoms with Crippen LogP contribution in [-0.2, 0) is 21.1 Å². The number of rotatable bonds is 4. The smallest absolute Gasteiger partial charge is 0.241 e. The first-order valence-corrected chi connectivity index (χ1v) is 10.2. The highest BCUT2D eigenvalue weighted by Gasteiger charge is 2.36. The second-order valence-corrected chi connectivity index (χ2v) is 9.19. The molecule has 1 amide bonds. The summed E-state index contributed by atoms with van der Waals surface area (Å²) in [5, 5.41) is 4.20. The van der Waals surface area contributed by atoms with E-state index in [-0.39, 0.29) is 29.9 Å². The van der Waals surface area contributed by atoms with Crippen LogP contribution in [0.4, 0.5) is 0 Å². The second-order valence-electron chi connectivity index (χ2n) is 6.96. The summed E-state index contributed by atoms with van der Waals surface area (Å²) in [5.41, 5.74) is 3.85. The third-order valence-corrected chi connectivity index (χ3v) is 6.67. The lowest BCUT2D eigenvalue weighted by Crippen LogP contribution is -2.49. The molecule has 1 aromatic heterocycles. The standard InChI is InChI=1S/C18H24N2O4S/c1-12-5-6-16-14(10-24-18(16)13(12)2)9-17(21)20(19(3)4)15-7-8-25(22,23)11-15/h5-6,10,15H,7-9,11H2,1-4H3. The quantitative estimate of drug-likeness (QED) is 0.777. The van der Waals surface area contributed by atoms with Crippen molar-refractivity contribution in [3.63, 3.8) is 0 Å². The first kappa shape index (κ1) is 17.9. The van der Waals surface area contributed by atoms with E-state index < -0.39 is 9.84 Å². The van der Waals surface area contributed by atoms with Gasteiger partial charge in [0.2, 0.25) is 5.91 Å². The zero-order valence-corrected chi connectivity index (χ0v) is 15.9. The number of hydrazine groups is 1. The van der Waals surface area contributed by atoms with E-state index in [1.54, 1.807) is 30.4 Å². The van der Waals surface area contributed by atoms with Crippen LogP contribution in [-0.4, -0.2) is 56.0 Å². The van der Waals surface area contributed by atoms with Crippen LogP contribution < -0.4 is 0 Å². The van der Waals surface area contributed by atoms with Gasteiger partial charge >= 0.3 is 0 Å². The molecule has 7 heteroatoms. The van der Waals surface area contributed by atoms with Gasteiger partial charge in [-0.2, -0.15) is 0 Å². The number of carbonyl (C=O) groups is 1. The minimum absolute atomic E-state index is 0.0291.